The first-order valence-corrected chi connectivity index (χ1v) is 4.47. The highest BCUT2D eigenvalue weighted by molar-refractivity contribution is 6.08. The molecule has 0 spiro atoms. The molecule has 0 aliphatic heterocycles. The van der Waals surface area contributed by atoms with E-state index in [0.717, 1.165) is 5.69 Å². The van der Waals surface area contributed by atoms with Crippen molar-refractivity contribution in [2.75, 3.05) is 19.0 Å². The van der Waals surface area contributed by atoms with Crippen LogP contribution >= 0.6 is 0 Å². The minimum absolute atomic E-state index is 0.175. The first-order valence-electron chi connectivity index (χ1n) is 4.47. The molecule has 5 heteroatoms. The average molecular weight is 205 g/mol. The van der Waals surface area contributed by atoms with Crippen LogP contribution < -0.4 is 10.6 Å². The molecule has 0 saturated heterocycles. The third kappa shape index (κ3) is 1.41. The van der Waals surface area contributed by atoms with E-state index in [4.69, 9.17) is 10.3 Å². The summed E-state index contributed by atoms with van der Waals surface area (Å²) in [7, 11) is 3.76. The minimum Gasteiger partial charge on any atom is -0.377 e. The lowest BCUT2D eigenvalue weighted by atomic mass is 10.1. The number of anilines is 1. The maximum atomic E-state index is 11.1. The van der Waals surface area contributed by atoms with Gasteiger partial charge in [-0.1, -0.05) is 11.2 Å². The van der Waals surface area contributed by atoms with Crippen LogP contribution in [0.4, 0.5) is 5.69 Å². The summed E-state index contributed by atoms with van der Waals surface area (Å²) in [5.74, 6) is -0.581. The highest BCUT2D eigenvalue weighted by Crippen LogP contribution is 2.28. The molecule has 1 heterocycles. The molecule has 0 saturated carbocycles. The van der Waals surface area contributed by atoms with Gasteiger partial charge in [-0.25, -0.2) is 0 Å². The summed E-state index contributed by atoms with van der Waals surface area (Å²) in [5.41, 5.74) is 6.82. The fraction of sp³-hybridized carbons (Fsp3) is 0.200. The summed E-state index contributed by atoms with van der Waals surface area (Å²) in [6, 6.07) is 5.47. The Hall–Kier alpha value is -2.04. The van der Waals surface area contributed by atoms with Crippen LogP contribution in [0.3, 0.4) is 0 Å². The van der Waals surface area contributed by atoms with Crippen molar-refractivity contribution in [1.82, 2.24) is 5.16 Å². The quantitative estimate of drug-likeness (QED) is 0.793. The summed E-state index contributed by atoms with van der Waals surface area (Å²) in [4.78, 5) is 13.0. The second-order valence-electron chi connectivity index (χ2n) is 3.44. The van der Waals surface area contributed by atoms with Crippen molar-refractivity contribution in [1.29, 1.82) is 0 Å². The molecular formula is C10H11N3O2. The van der Waals surface area contributed by atoms with Gasteiger partial charge in [0.05, 0.1) is 5.39 Å². The molecule has 1 aromatic carbocycles. The van der Waals surface area contributed by atoms with Gasteiger partial charge in [0.2, 0.25) is 0 Å². The van der Waals surface area contributed by atoms with E-state index in [0.29, 0.717) is 11.0 Å². The van der Waals surface area contributed by atoms with Crippen molar-refractivity contribution in [2.24, 2.45) is 5.73 Å². The Bertz CT molecular complexity index is 516. The van der Waals surface area contributed by atoms with Gasteiger partial charge in [-0.05, 0) is 12.1 Å². The zero-order chi connectivity index (χ0) is 11.0. The third-order valence-corrected chi connectivity index (χ3v) is 2.19. The van der Waals surface area contributed by atoms with E-state index in [1.165, 1.54) is 0 Å². The summed E-state index contributed by atoms with van der Waals surface area (Å²) in [6.45, 7) is 0. The number of hydrogen-bond acceptors (Lipinski definition) is 4. The van der Waals surface area contributed by atoms with Crippen LogP contribution in [0.25, 0.3) is 11.0 Å². The maximum absolute atomic E-state index is 11.1. The van der Waals surface area contributed by atoms with Gasteiger partial charge < -0.3 is 15.2 Å². The SMILES string of the molecule is CN(C)c1cccc2onc(C(N)=O)c12. The number of carbonyl (C=O) groups is 1. The number of amides is 1. The van der Waals surface area contributed by atoms with E-state index in [-0.39, 0.29) is 5.69 Å². The van der Waals surface area contributed by atoms with Crippen molar-refractivity contribution >= 4 is 22.6 Å². The second kappa shape index (κ2) is 3.27. The molecule has 2 N–H and O–H groups in total. The average Bonchev–Trinajstić information content (AvgIpc) is 2.60. The van der Waals surface area contributed by atoms with Gasteiger partial charge in [0, 0.05) is 19.8 Å². The van der Waals surface area contributed by atoms with E-state index in [1.807, 2.05) is 31.1 Å². The molecule has 2 aromatic rings. The lowest BCUT2D eigenvalue weighted by Crippen LogP contribution is -2.14. The maximum Gasteiger partial charge on any atom is 0.271 e. The Labute approximate surface area is 86.4 Å². The molecule has 5 nitrogen and oxygen atoms in total. The molecule has 1 amide bonds. The van der Waals surface area contributed by atoms with Gasteiger partial charge in [0.1, 0.15) is 0 Å². The van der Waals surface area contributed by atoms with Crippen LogP contribution in [0.15, 0.2) is 22.7 Å². The molecule has 0 radical (unpaired) electrons. The van der Waals surface area contributed by atoms with Gasteiger partial charge in [0.25, 0.3) is 5.91 Å². The number of nitrogens with two attached hydrogens (primary N) is 1. The standard InChI is InChI=1S/C10H11N3O2/c1-13(2)6-4-3-5-7-8(6)9(10(11)14)12-15-7/h3-5H,1-2H3,(H2,11,14). The fourth-order valence-corrected chi connectivity index (χ4v) is 1.51. The molecule has 0 aliphatic rings. The Morgan fingerprint density at radius 2 is 2.20 bits per heavy atom. The molecule has 78 valence electrons. The number of carbonyl (C=O) groups excluding carboxylic acids is 1. The molecule has 0 fully saturated rings. The van der Waals surface area contributed by atoms with E-state index in [2.05, 4.69) is 5.16 Å². The van der Waals surface area contributed by atoms with E-state index >= 15 is 0 Å². The lowest BCUT2D eigenvalue weighted by molar-refractivity contribution is 0.0993. The van der Waals surface area contributed by atoms with Crippen LogP contribution in [0, 0.1) is 0 Å². The minimum atomic E-state index is -0.581. The van der Waals surface area contributed by atoms with Crippen LogP contribution in [0.5, 0.6) is 0 Å². The summed E-state index contributed by atoms with van der Waals surface area (Å²) < 4.78 is 5.02. The Kier molecular flexibility index (Phi) is 2.07. The summed E-state index contributed by atoms with van der Waals surface area (Å²) in [6.07, 6.45) is 0. The number of nitrogens with zero attached hydrogens (tertiary/aromatic N) is 2. The van der Waals surface area contributed by atoms with Crippen LogP contribution in [0.1, 0.15) is 10.5 Å². The molecule has 0 unspecified atom stereocenters. The highest BCUT2D eigenvalue weighted by atomic mass is 16.5. The summed E-state index contributed by atoms with van der Waals surface area (Å²) in [5, 5.41) is 4.32. The topological polar surface area (TPSA) is 72.4 Å². The number of hydrogen-bond donors (Lipinski definition) is 1. The van der Waals surface area contributed by atoms with E-state index < -0.39 is 5.91 Å². The second-order valence-corrected chi connectivity index (χ2v) is 3.44. The van der Waals surface area contributed by atoms with E-state index in [1.54, 1.807) is 6.07 Å². The molecule has 0 atom stereocenters. The van der Waals surface area contributed by atoms with Gasteiger partial charge >= 0.3 is 0 Å². The normalized spacial score (nSPS) is 10.5. The molecule has 0 aliphatic carbocycles. The molecule has 1 aromatic heterocycles. The fourth-order valence-electron chi connectivity index (χ4n) is 1.51. The monoisotopic (exact) mass is 205 g/mol. The van der Waals surface area contributed by atoms with Crippen molar-refractivity contribution in [3.63, 3.8) is 0 Å². The largest absolute Gasteiger partial charge is 0.377 e. The number of benzene rings is 1. The first-order chi connectivity index (χ1) is 7.11. The van der Waals surface area contributed by atoms with Crippen LogP contribution in [-0.2, 0) is 0 Å². The number of fused-ring (bicyclic) bond motifs is 1. The number of rotatable bonds is 2. The predicted molar refractivity (Wildman–Crippen MR) is 56.9 cm³/mol. The highest BCUT2D eigenvalue weighted by Gasteiger charge is 2.17. The Morgan fingerprint density at radius 3 is 2.80 bits per heavy atom. The van der Waals surface area contributed by atoms with Crippen LogP contribution in [0.2, 0.25) is 0 Å². The lowest BCUT2D eigenvalue weighted by Gasteiger charge is -2.12. The smallest absolute Gasteiger partial charge is 0.271 e. The van der Waals surface area contributed by atoms with Crippen molar-refractivity contribution < 1.29 is 9.32 Å². The third-order valence-electron chi connectivity index (χ3n) is 2.19. The first kappa shape index (κ1) is 9.51. The zero-order valence-corrected chi connectivity index (χ0v) is 8.52. The molecule has 15 heavy (non-hydrogen) atoms. The Morgan fingerprint density at radius 1 is 1.47 bits per heavy atom. The van der Waals surface area contributed by atoms with Crippen molar-refractivity contribution in [3.05, 3.63) is 23.9 Å². The zero-order valence-electron chi connectivity index (χ0n) is 8.52. The number of primary amides is 1. The Balaban J connectivity index is 2.80. The summed E-state index contributed by atoms with van der Waals surface area (Å²) >= 11 is 0. The van der Waals surface area contributed by atoms with Gasteiger partial charge in [-0.3, -0.25) is 4.79 Å². The van der Waals surface area contributed by atoms with E-state index in [9.17, 15) is 4.79 Å². The molecular weight excluding hydrogens is 194 g/mol. The molecule has 0 bridgehead atoms. The molecule has 2 rings (SSSR count). The van der Waals surface area contributed by atoms with Gasteiger partial charge in [-0.2, -0.15) is 0 Å². The number of aromatic nitrogens is 1. The van der Waals surface area contributed by atoms with Gasteiger partial charge in [-0.15, -0.1) is 0 Å². The predicted octanol–water partition coefficient (Wildman–Crippen LogP) is 0.993. The van der Waals surface area contributed by atoms with Crippen molar-refractivity contribution in [3.8, 4) is 0 Å². The van der Waals surface area contributed by atoms with Crippen molar-refractivity contribution in [2.45, 2.75) is 0 Å². The van der Waals surface area contributed by atoms with Crippen LogP contribution in [-0.4, -0.2) is 25.2 Å². The van der Waals surface area contributed by atoms with Gasteiger partial charge in [0.15, 0.2) is 11.3 Å².